The van der Waals surface area contributed by atoms with Crippen LogP contribution in [0.25, 0.3) is 0 Å². The molecule has 0 bridgehead atoms. The molecule has 6 heteroatoms. The second-order valence-electron chi connectivity index (χ2n) is 6.01. The number of alkyl halides is 3. The van der Waals surface area contributed by atoms with Crippen molar-refractivity contribution in [3.63, 3.8) is 0 Å². The summed E-state index contributed by atoms with van der Waals surface area (Å²) in [4.78, 5) is 16.4. The molecule has 1 aromatic carbocycles. The molecule has 0 spiro atoms. The first-order chi connectivity index (χ1) is 11.2. The van der Waals surface area contributed by atoms with Gasteiger partial charge in [0.25, 0.3) is 5.91 Å². The zero-order chi connectivity index (χ0) is 17.9. The molecule has 0 aliphatic rings. The Hall–Kier alpha value is -2.37. The van der Waals surface area contributed by atoms with Crippen LogP contribution in [0.4, 0.5) is 13.2 Å². The molecule has 1 heterocycles. The third kappa shape index (κ3) is 4.34. The second kappa shape index (κ2) is 7.03. The van der Waals surface area contributed by atoms with E-state index in [-0.39, 0.29) is 11.8 Å². The van der Waals surface area contributed by atoms with Gasteiger partial charge in [0.05, 0.1) is 17.2 Å². The number of carbonyl (C=O) groups is 1. The van der Waals surface area contributed by atoms with Gasteiger partial charge in [-0.05, 0) is 42.7 Å². The monoisotopic (exact) mass is 336 g/mol. The van der Waals surface area contributed by atoms with Crippen LogP contribution >= 0.6 is 0 Å². The summed E-state index contributed by atoms with van der Waals surface area (Å²) in [6, 6.07) is 7.87. The molecule has 128 valence electrons. The molecular formula is C18H19F3N2O. The summed E-state index contributed by atoms with van der Waals surface area (Å²) >= 11 is 0. The first-order valence-electron chi connectivity index (χ1n) is 7.59. The summed E-state index contributed by atoms with van der Waals surface area (Å²) in [6.07, 6.45) is -2.96. The molecule has 0 fully saturated rings. The molecule has 24 heavy (non-hydrogen) atoms. The van der Waals surface area contributed by atoms with Gasteiger partial charge in [-0.2, -0.15) is 13.2 Å². The number of aromatic nitrogens is 1. The standard InChI is InChI=1S/C18H19F3N2O/c1-11(2)16(13-5-4-6-15(9-13)18(19,20)21)23-17(24)14-8-7-12(3)22-10-14/h4-11,16H,1-3H3,(H,23,24). The summed E-state index contributed by atoms with van der Waals surface area (Å²) in [5.74, 6) is -0.436. The maximum atomic E-state index is 12.9. The summed E-state index contributed by atoms with van der Waals surface area (Å²) in [5.41, 5.74) is 0.855. The molecule has 1 amide bonds. The van der Waals surface area contributed by atoms with Crippen LogP contribution in [0.3, 0.4) is 0 Å². The summed E-state index contributed by atoms with van der Waals surface area (Å²) in [6.45, 7) is 5.50. The highest BCUT2D eigenvalue weighted by Crippen LogP contribution is 2.32. The molecule has 0 aliphatic heterocycles. The molecule has 0 saturated heterocycles. The van der Waals surface area contributed by atoms with Crippen molar-refractivity contribution in [2.75, 3.05) is 0 Å². The number of hydrogen-bond donors (Lipinski definition) is 1. The maximum absolute atomic E-state index is 12.9. The Morgan fingerprint density at radius 2 is 1.88 bits per heavy atom. The van der Waals surface area contributed by atoms with Gasteiger partial charge in [-0.15, -0.1) is 0 Å². The van der Waals surface area contributed by atoms with Crippen LogP contribution in [-0.2, 0) is 6.18 Å². The van der Waals surface area contributed by atoms with Gasteiger partial charge in [0.15, 0.2) is 0 Å². The highest BCUT2D eigenvalue weighted by atomic mass is 19.4. The number of pyridine rings is 1. The molecule has 1 unspecified atom stereocenters. The minimum atomic E-state index is -4.41. The fraction of sp³-hybridized carbons (Fsp3) is 0.333. The minimum Gasteiger partial charge on any atom is -0.345 e. The number of nitrogens with one attached hydrogen (secondary N) is 1. The SMILES string of the molecule is Cc1ccc(C(=O)NC(c2cccc(C(F)(F)F)c2)C(C)C)cn1. The maximum Gasteiger partial charge on any atom is 0.416 e. The van der Waals surface area contributed by atoms with E-state index in [4.69, 9.17) is 0 Å². The molecular weight excluding hydrogens is 317 g/mol. The van der Waals surface area contributed by atoms with Crippen LogP contribution in [-0.4, -0.2) is 10.9 Å². The smallest absolute Gasteiger partial charge is 0.345 e. The lowest BCUT2D eigenvalue weighted by Crippen LogP contribution is -2.32. The molecule has 1 aromatic heterocycles. The van der Waals surface area contributed by atoms with E-state index in [0.717, 1.165) is 17.8 Å². The molecule has 0 saturated carbocycles. The summed E-state index contributed by atoms with van der Waals surface area (Å²) in [5, 5.41) is 2.80. The van der Waals surface area contributed by atoms with Crippen molar-refractivity contribution in [3.8, 4) is 0 Å². The lowest BCUT2D eigenvalue weighted by atomic mass is 9.94. The van der Waals surface area contributed by atoms with E-state index in [2.05, 4.69) is 10.3 Å². The third-order valence-corrected chi connectivity index (χ3v) is 3.70. The van der Waals surface area contributed by atoms with Gasteiger partial charge in [-0.25, -0.2) is 0 Å². The van der Waals surface area contributed by atoms with Crippen molar-refractivity contribution in [1.29, 1.82) is 0 Å². The third-order valence-electron chi connectivity index (χ3n) is 3.70. The van der Waals surface area contributed by atoms with Crippen molar-refractivity contribution in [2.24, 2.45) is 5.92 Å². The van der Waals surface area contributed by atoms with Gasteiger partial charge in [0.2, 0.25) is 0 Å². The first kappa shape index (κ1) is 18.0. The van der Waals surface area contributed by atoms with E-state index >= 15 is 0 Å². The van der Waals surface area contributed by atoms with E-state index in [1.54, 1.807) is 25.1 Å². The molecule has 1 N–H and O–H groups in total. The number of nitrogens with zero attached hydrogens (tertiary/aromatic N) is 1. The van der Waals surface area contributed by atoms with Crippen LogP contribution in [0, 0.1) is 12.8 Å². The lowest BCUT2D eigenvalue weighted by Gasteiger charge is -2.24. The first-order valence-corrected chi connectivity index (χ1v) is 7.59. The topological polar surface area (TPSA) is 42.0 Å². The van der Waals surface area contributed by atoms with Gasteiger partial charge in [0.1, 0.15) is 0 Å². The van der Waals surface area contributed by atoms with Gasteiger partial charge in [-0.3, -0.25) is 9.78 Å². The van der Waals surface area contributed by atoms with Crippen LogP contribution < -0.4 is 5.32 Å². The van der Waals surface area contributed by atoms with Gasteiger partial charge < -0.3 is 5.32 Å². The Balaban J connectivity index is 2.27. The Morgan fingerprint density at radius 3 is 2.42 bits per heavy atom. The van der Waals surface area contributed by atoms with Crippen molar-refractivity contribution in [2.45, 2.75) is 33.0 Å². The van der Waals surface area contributed by atoms with Crippen LogP contribution in [0.1, 0.15) is 47.1 Å². The average molecular weight is 336 g/mol. The number of halogens is 3. The minimum absolute atomic E-state index is 0.0733. The quantitative estimate of drug-likeness (QED) is 0.891. The Bertz CT molecular complexity index is 709. The second-order valence-corrected chi connectivity index (χ2v) is 6.01. The molecule has 2 rings (SSSR count). The Morgan fingerprint density at radius 1 is 1.17 bits per heavy atom. The van der Waals surface area contributed by atoms with Gasteiger partial charge >= 0.3 is 6.18 Å². The van der Waals surface area contributed by atoms with E-state index < -0.39 is 17.8 Å². The number of benzene rings is 1. The van der Waals surface area contributed by atoms with Crippen LogP contribution in [0.2, 0.25) is 0 Å². The van der Waals surface area contributed by atoms with E-state index in [1.807, 2.05) is 13.8 Å². The normalized spacial score (nSPS) is 13.0. The van der Waals surface area contributed by atoms with Crippen molar-refractivity contribution < 1.29 is 18.0 Å². The average Bonchev–Trinajstić information content (AvgIpc) is 2.52. The molecule has 1 atom stereocenters. The fourth-order valence-corrected chi connectivity index (χ4v) is 2.37. The largest absolute Gasteiger partial charge is 0.416 e. The summed E-state index contributed by atoms with van der Waals surface area (Å²) < 4.78 is 38.7. The van der Waals surface area contributed by atoms with Crippen LogP contribution in [0.15, 0.2) is 42.6 Å². The molecule has 3 nitrogen and oxygen atoms in total. The van der Waals surface area contributed by atoms with Gasteiger partial charge in [-0.1, -0.05) is 26.0 Å². The van der Waals surface area contributed by atoms with Crippen molar-refractivity contribution in [1.82, 2.24) is 10.3 Å². The predicted molar refractivity (Wildman–Crippen MR) is 85.5 cm³/mol. The fourth-order valence-electron chi connectivity index (χ4n) is 2.37. The number of amides is 1. The zero-order valence-corrected chi connectivity index (χ0v) is 13.7. The number of rotatable bonds is 4. The number of aryl methyl sites for hydroxylation is 1. The molecule has 0 aliphatic carbocycles. The van der Waals surface area contributed by atoms with Crippen molar-refractivity contribution in [3.05, 3.63) is 65.0 Å². The zero-order valence-electron chi connectivity index (χ0n) is 13.7. The number of hydrogen-bond acceptors (Lipinski definition) is 2. The van der Waals surface area contributed by atoms with Gasteiger partial charge in [0, 0.05) is 11.9 Å². The molecule has 0 radical (unpaired) electrons. The van der Waals surface area contributed by atoms with Crippen LogP contribution in [0.5, 0.6) is 0 Å². The highest BCUT2D eigenvalue weighted by molar-refractivity contribution is 5.94. The lowest BCUT2D eigenvalue weighted by molar-refractivity contribution is -0.137. The van der Waals surface area contributed by atoms with E-state index in [0.29, 0.717) is 11.1 Å². The predicted octanol–water partition coefficient (Wildman–Crippen LogP) is 4.54. The Kier molecular flexibility index (Phi) is 5.26. The summed E-state index contributed by atoms with van der Waals surface area (Å²) in [7, 11) is 0. The molecule has 2 aromatic rings. The van der Waals surface area contributed by atoms with E-state index in [1.165, 1.54) is 12.3 Å². The van der Waals surface area contributed by atoms with E-state index in [9.17, 15) is 18.0 Å². The highest BCUT2D eigenvalue weighted by Gasteiger charge is 2.31. The Labute approximate surface area is 138 Å². The van der Waals surface area contributed by atoms with Crippen molar-refractivity contribution >= 4 is 5.91 Å². The number of carbonyl (C=O) groups excluding carboxylic acids is 1.